The molecule has 0 aromatic heterocycles. The van der Waals surface area contributed by atoms with E-state index in [1.807, 2.05) is 12.1 Å². The fraction of sp³-hybridized carbons (Fsp3) is 0.625. The van der Waals surface area contributed by atoms with Crippen molar-refractivity contribution in [3.8, 4) is 5.75 Å². The molecule has 0 fully saturated rings. The normalized spacial score (nSPS) is 12.2. The Kier molecular flexibility index (Phi) is 7.31. The molecule has 0 aliphatic rings. The summed E-state index contributed by atoms with van der Waals surface area (Å²) in [5.74, 6) is 0.959. The minimum absolute atomic E-state index is 0.541. The lowest BCUT2D eigenvalue weighted by atomic mass is 10.1. The zero-order valence-electron chi connectivity index (χ0n) is 12.0. The van der Waals surface area contributed by atoms with Gasteiger partial charge in [-0.25, -0.2) is 0 Å². The summed E-state index contributed by atoms with van der Waals surface area (Å²) < 4.78 is 5.57. The van der Waals surface area contributed by atoms with Gasteiger partial charge in [0.15, 0.2) is 0 Å². The minimum Gasteiger partial charge on any atom is -0.494 e. The maximum absolute atomic E-state index is 5.57. The number of benzene rings is 1. The first-order valence-electron chi connectivity index (χ1n) is 7.25. The molecular weight excluding hydrogens is 222 g/mol. The predicted molar refractivity (Wildman–Crippen MR) is 79.5 cm³/mol. The molecule has 1 aromatic carbocycles. The van der Waals surface area contributed by atoms with Gasteiger partial charge in [-0.15, -0.1) is 0 Å². The average Bonchev–Trinajstić information content (AvgIpc) is 2.38. The predicted octanol–water partition coefficient (Wildman–Crippen LogP) is 4.86. The van der Waals surface area contributed by atoms with Gasteiger partial charge in [-0.3, -0.25) is 0 Å². The largest absolute Gasteiger partial charge is 0.494 e. The second-order valence-corrected chi connectivity index (χ2v) is 4.91. The van der Waals surface area contributed by atoms with Crippen LogP contribution in [-0.4, -0.2) is 12.6 Å². The number of anilines is 1. The summed E-state index contributed by atoms with van der Waals surface area (Å²) in [4.78, 5) is 0. The third-order valence-corrected chi connectivity index (χ3v) is 2.98. The van der Waals surface area contributed by atoms with Crippen LogP contribution in [0.25, 0.3) is 0 Å². The molecular formula is C16H27NO. The fourth-order valence-corrected chi connectivity index (χ4v) is 1.92. The highest BCUT2D eigenvalue weighted by molar-refractivity contribution is 5.46. The highest BCUT2D eigenvalue weighted by Crippen LogP contribution is 2.17. The van der Waals surface area contributed by atoms with E-state index in [0.717, 1.165) is 18.8 Å². The lowest BCUT2D eigenvalue weighted by Gasteiger charge is -2.15. The van der Waals surface area contributed by atoms with Gasteiger partial charge < -0.3 is 10.1 Å². The van der Waals surface area contributed by atoms with Crippen LogP contribution in [0.15, 0.2) is 24.3 Å². The van der Waals surface area contributed by atoms with Crippen molar-refractivity contribution < 1.29 is 4.74 Å². The molecule has 18 heavy (non-hydrogen) atoms. The van der Waals surface area contributed by atoms with Gasteiger partial charge in [0.2, 0.25) is 0 Å². The first-order valence-corrected chi connectivity index (χ1v) is 7.25. The van der Waals surface area contributed by atoms with Crippen molar-refractivity contribution in [3.05, 3.63) is 24.3 Å². The zero-order valence-corrected chi connectivity index (χ0v) is 12.0. The van der Waals surface area contributed by atoms with Crippen LogP contribution in [-0.2, 0) is 0 Å². The van der Waals surface area contributed by atoms with Gasteiger partial charge in [0.25, 0.3) is 0 Å². The van der Waals surface area contributed by atoms with E-state index in [0.29, 0.717) is 6.04 Å². The van der Waals surface area contributed by atoms with Crippen LogP contribution < -0.4 is 10.1 Å². The van der Waals surface area contributed by atoms with E-state index < -0.39 is 0 Å². The Balaban J connectivity index is 2.33. The molecule has 0 amide bonds. The maximum atomic E-state index is 5.57. The van der Waals surface area contributed by atoms with Crippen LogP contribution in [0.3, 0.4) is 0 Å². The second kappa shape index (κ2) is 8.84. The molecule has 1 N–H and O–H groups in total. The lowest BCUT2D eigenvalue weighted by Crippen LogP contribution is -2.14. The standard InChI is InChI=1S/C16H27NO/c1-4-6-7-8-14(3)17-15-9-11-16(12-10-15)18-13-5-2/h9-12,14,17H,4-8,13H2,1-3H3. The zero-order chi connectivity index (χ0) is 13.2. The average molecular weight is 249 g/mol. The number of hydrogen-bond donors (Lipinski definition) is 1. The summed E-state index contributed by atoms with van der Waals surface area (Å²) in [5.41, 5.74) is 1.18. The molecule has 1 aromatic rings. The highest BCUT2D eigenvalue weighted by atomic mass is 16.5. The van der Waals surface area contributed by atoms with Crippen LogP contribution in [0.4, 0.5) is 5.69 Å². The Morgan fingerprint density at radius 1 is 1.06 bits per heavy atom. The van der Waals surface area contributed by atoms with Crippen molar-refractivity contribution in [2.24, 2.45) is 0 Å². The van der Waals surface area contributed by atoms with Gasteiger partial charge in [0.05, 0.1) is 6.61 Å². The van der Waals surface area contributed by atoms with Crippen molar-refractivity contribution in [3.63, 3.8) is 0 Å². The Morgan fingerprint density at radius 3 is 2.39 bits per heavy atom. The highest BCUT2D eigenvalue weighted by Gasteiger charge is 2.01. The Morgan fingerprint density at radius 2 is 1.78 bits per heavy atom. The maximum Gasteiger partial charge on any atom is 0.119 e. The van der Waals surface area contributed by atoms with Crippen LogP contribution in [0.5, 0.6) is 5.75 Å². The minimum atomic E-state index is 0.541. The Hall–Kier alpha value is -1.18. The molecule has 0 radical (unpaired) electrons. The third-order valence-electron chi connectivity index (χ3n) is 2.98. The summed E-state index contributed by atoms with van der Waals surface area (Å²) in [5, 5.41) is 3.53. The molecule has 0 bridgehead atoms. The SMILES string of the molecule is CCCCCC(C)Nc1ccc(OCCC)cc1. The lowest BCUT2D eigenvalue weighted by molar-refractivity contribution is 0.317. The van der Waals surface area contributed by atoms with Gasteiger partial charge in [-0.05, 0) is 44.0 Å². The Bertz CT molecular complexity index is 307. The summed E-state index contributed by atoms with van der Waals surface area (Å²) in [6.45, 7) is 7.40. The number of hydrogen-bond acceptors (Lipinski definition) is 2. The second-order valence-electron chi connectivity index (χ2n) is 4.91. The van der Waals surface area contributed by atoms with Gasteiger partial charge in [-0.2, -0.15) is 0 Å². The third kappa shape index (κ3) is 5.95. The molecule has 0 aliphatic carbocycles. The monoisotopic (exact) mass is 249 g/mol. The summed E-state index contributed by atoms with van der Waals surface area (Å²) in [7, 11) is 0. The summed E-state index contributed by atoms with van der Waals surface area (Å²) in [6.07, 6.45) is 6.21. The van der Waals surface area contributed by atoms with E-state index in [9.17, 15) is 0 Å². The van der Waals surface area contributed by atoms with E-state index in [1.54, 1.807) is 0 Å². The Labute approximate surface area is 112 Å². The van der Waals surface area contributed by atoms with E-state index in [2.05, 4.69) is 38.2 Å². The molecule has 2 heteroatoms. The van der Waals surface area contributed by atoms with Crippen LogP contribution in [0, 0.1) is 0 Å². The van der Waals surface area contributed by atoms with Crippen molar-refractivity contribution >= 4 is 5.69 Å². The van der Waals surface area contributed by atoms with Gasteiger partial charge in [-0.1, -0.05) is 33.1 Å². The number of ether oxygens (including phenoxy) is 1. The fourth-order valence-electron chi connectivity index (χ4n) is 1.92. The molecule has 1 rings (SSSR count). The van der Waals surface area contributed by atoms with E-state index in [4.69, 9.17) is 4.74 Å². The van der Waals surface area contributed by atoms with Crippen molar-refractivity contribution in [1.29, 1.82) is 0 Å². The van der Waals surface area contributed by atoms with Crippen LogP contribution >= 0.6 is 0 Å². The molecule has 1 unspecified atom stereocenters. The van der Waals surface area contributed by atoms with Gasteiger partial charge >= 0.3 is 0 Å². The molecule has 0 aliphatic heterocycles. The number of unbranched alkanes of at least 4 members (excludes halogenated alkanes) is 2. The smallest absolute Gasteiger partial charge is 0.119 e. The van der Waals surface area contributed by atoms with E-state index in [1.165, 1.54) is 31.4 Å². The quantitative estimate of drug-likeness (QED) is 0.631. The van der Waals surface area contributed by atoms with Crippen LogP contribution in [0.2, 0.25) is 0 Å². The van der Waals surface area contributed by atoms with E-state index in [-0.39, 0.29) is 0 Å². The first-order chi connectivity index (χ1) is 8.76. The molecule has 0 saturated heterocycles. The molecule has 0 heterocycles. The molecule has 1 atom stereocenters. The van der Waals surface area contributed by atoms with Gasteiger partial charge in [0.1, 0.15) is 5.75 Å². The van der Waals surface area contributed by atoms with Crippen molar-refractivity contribution in [2.45, 2.75) is 58.9 Å². The molecule has 2 nitrogen and oxygen atoms in total. The molecule has 0 spiro atoms. The summed E-state index contributed by atoms with van der Waals surface area (Å²) in [6, 6.07) is 8.81. The van der Waals surface area contributed by atoms with Gasteiger partial charge in [0, 0.05) is 11.7 Å². The first kappa shape index (κ1) is 14.9. The van der Waals surface area contributed by atoms with E-state index >= 15 is 0 Å². The molecule has 102 valence electrons. The number of nitrogens with one attached hydrogen (secondary N) is 1. The van der Waals surface area contributed by atoms with Crippen molar-refractivity contribution in [2.75, 3.05) is 11.9 Å². The van der Waals surface area contributed by atoms with Crippen molar-refractivity contribution in [1.82, 2.24) is 0 Å². The van der Waals surface area contributed by atoms with Crippen LogP contribution in [0.1, 0.15) is 52.9 Å². The molecule has 0 saturated carbocycles. The summed E-state index contributed by atoms with van der Waals surface area (Å²) >= 11 is 0. The number of rotatable bonds is 9. The topological polar surface area (TPSA) is 21.3 Å².